The van der Waals surface area contributed by atoms with Crippen molar-refractivity contribution in [3.63, 3.8) is 0 Å². The van der Waals surface area contributed by atoms with Crippen molar-refractivity contribution in [2.75, 3.05) is 6.54 Å². The topological polar surface area (TPSA) is 37.4 Å². The summed E-state index contributed by atoms with van der Waals surface area (Å²) in [6.07, 6.45) is 1.81. The molecule has 1 heterocycles. The Hall–Kier alpha value is -2.42. The molecule has 0 bridgehead atoms. The number of carbonyl (C=O) groups is 2. The van der Waals surface area contributed by atoms with Crippen molar-refractivity contribution in [1.29, 1.82) is 0 Å². The van der Waals surface area contributed by atoms with E-state index in [1.165, 1.54) is 4.90 Å². The lowest BCUT2D eigenvalue weighted by molar-refractivity contribution is -0.139. The van der Waals surface area contributed by atoms with E-state index in [0.717, 1.165) is 24.0 Å². The molecule has 0 N–H and O–H groups in total. The van der Waals surface area contributed by atoms with Crippen LogP contribution in [-0.2, 0) is 9.59 Å². The summed E-state index contributed by atoms with van der Waals surface area (Å²) in [4.78, 5) is 27.3. The number of carbonyl (C=O) groups excluding carboxylic acids is 2. The highest BCUT2D eigenvalue weighted by atomic mass is 16.2. The molecule has 2 aromatic rings. The van der Waals surface area contributed by atoms with Crippen molar-refractivity contribution < 1.29 is 9.59 Å². The van der Waals surface area contributed by atoms with Crippen molar-refractivity contribution >= 4 is 11.8 Å². The SMILES string of the molecule is CCCCN1C(=O)[C@H](c2ccccc2)[C@@H](c2ccccc2)C1=O. The van der Waals surface area contributed by atoms with E-state index < -0.39 is 11.8 Å². The van der Waals surface area contributed by atoms with Crippen LogP contribution in [0.5, 0.6) is 0 Å². The van der Waals surface area contributed by atoms with Crippen LogP contribution in [-0.4, -0.2) is 23.3 Å². The Balaban J connectivity index is 2.02. The van der Waals surface area contributed by atoms with Crippen molar-refractivity contribution in [1.82, 2.24) is 4.90 Å². The van der Waals surface area contributed by atoms with Gasteiger partial charge in [-0.25, -0.2) is 0 Å². The third-order valence-electron chi connectivity index (χ3n) is 4.45. The van der Waals surface area contributed by atoms with Crippen LogP contribution in [0.4, 0.5) is 0 Å². The third-order valence-corrected chi connectivity index (χ3v) is 4.45. The second-order valence-electron chi connectivity index (χ2n) is 5.96. The molecule has 0 aromatic heterocycles. The first-order valence-electron chi connectivity index (χ1n) is 8.19. The molecular formula is C20H21NO2. The minimum Gasteiger partial charge on any atom is -0.282 e. The van der Waals surface area contributed by atoms with Crippen molar-refractivity contribution in [3.05, 3.63) is 71.8 Å². The van der Waals surface area contributed by atoms with E-state index in [9.17, 15) is 9.59 Å². The van der Waals surface area contributed by atoms with Gasteiger partial charge in [0.15, 0.2) is 0 Å². The van der Waals surface area contributed by atoms with Gasteiger partial charge >= 0.3 is 0 Å². The first-order chi connectivity index (χ1) is 11.2. The standard InChI is InChI=1S/C20H21NO2/c1-2-3-14-21-19(22)17(15-10-6-4-7-11-15)18(20(21)23)16-12-8-5-9-13-16/h4-13,17-18H,2-3,14H2,1H3/t17-,18-/m1/s1. The lowest BCUT2D eigenvalue weighted by Crippen LogP contribution is -2.31. The fraction of sp³-hybridized carbons (Fsp3) is 0.300. The summed E-state index contributed by atoms with van der Waals surface area (Å²) in [5, 5.41) is 0. The van der Waals surface area contributed by atoms with Crippen LogP contribution in [0, 0.1) is 0 Å². The zero-order valence-corrected chi connectivity index (χ0v) is 13.3. The van der Waals surface area contributed by atoms with Gasteiger partial charge in [0, 0.05) is 6.54 Å². The number of benzene rings is 2. The Labute approximate surface area is 136 Å². The van der Waals surface area contributed by atoms with Gasteiger partial charge in [-0.2, -0.15) is 0 Å². The molecule has 0 spiro atoms. The van der Waals surface area contributed by atoms with Gasteiger partial charge in [-0.1, -0.05) is 74.0 Å². The third kappa shape index (κ3) is 2.91. The Morgan fingerprint density at radius 3 is 1.61 bits per heavy atom. The molecule has 2 aromatic carbocycles. The summed E-state index contributed by atoms with van der Waals surface area (Å²) < 4.78 is 0. The summed E-state index contributed by atoms with van der Waals surface area (Å²) in [5.41, 5.74) is 1.83. The van der Waals surface area contributed by atoms with Crippen LogP contribution in [0.2, 0.25) is 0 Å². The highest BCUT2D eigenvalue weighted by molar-refractivity contribution is 6.10. The van der Waals surface area contributed by atoms with Crippen molar-refractivity contribution in [2.24, 2.45) is 0 Å². The predicted molar refractivity (Wildman–Crippen MR) is 90.0 cm³/mol. The maximum Gasteiger partial charge on any atom is 0.237 e. The minimum absolute atomic E-state index is 0.0662. The number of imide groups is 1. The van der Waals surface area contributed by atoms with Crippen LogP contribution in [0.3, 0.4) is 0 Å². The highest BCUT2D eigenvalue weighted by Crippen LogP contribution is 2.41. The van der Waals surface area contributed by atoms with Crippen LogP contribution >= 0.6 is 0 Å². The summed E-state index contributed by atoms with van der Waals surface area (Å²) in [6, 6.07) is 19.3. The Bertz CT molecular complexity index is 624. The van der Waals surface area contributed by atoms with E-state index in [4.69, 9.17) is 0 Å². The summed E-state index contributed by atoms with van der Waals surface area (Å²) in [5.74, 6) is -0.960. The number of amides is 2. The van der Waals surface area contributed by atoms with Gasteiger partial charge in [0.1, 0.15) is 0 Å². The first-order valence-corrected chi connectivity index (χ1v) is 8.19. The second kappa shape index (κ2) is 6.78. The van der Waals surface area contributed by atoms with Gasteiger partial charge in [-0.15, -0.1) is 0 Å². The first kappa shape index (κ1) is 15.5. The number of rotatable bonds is 5. The summed E-state index contributed by atoms with van der Waals surface area (Å²) in [6.45, 7) is 2.58. The number of unbranched alkanes of at least 4 members (excludes halogenated alkanes) is 1. The fourth-order valence-electron chi connectivity index (χ4n) is 3.26. The molecule has 1 aliphatic heterocycles. The molecule has 1 fully saturated rings. The predicted octanol–water partition coefficient (Wildman–Crippen LogP) is 3.72. The van der Waals surface area contributed by atoms with E-state index in [1.807, 2.05) is 60.7 Å². The summed E-state index contributed by atoms with van der Waals surface area (Å²) >= 11 is 0. The van der Waals surface area contributed by atoms with Gasteiger partial charge < -0.3 is 0 Å². The molecule has 0 saturated carbocycles. The Kier molecular flexibility index (Phi) is 4.56. The lowest BCUT2D eigenvalue weighted by Gasteiger charge is -2.15. The number of hydrogen-bond donors (Lipinski definition) is 0. The Morgan fingerprint density at radius 2 is 1.22 bits per heavy atom. The van der Waals surface area contributed by atoms with E-state index in [2.05, 4.69) is 6.92 Å². The van der Waals surface area contributed by atoms with E-state index in [1.54, 1.807) is 0 Å². The van der Waals surface area contributed by atoms with Crippen LogP contribution in [0.1, 0.15) is 42.7 Å². The van der Waals surface area contributed by atoms with Crippen LogP contribution in [0.15, 0.2) is 60.7 Å². The number of likely N-dealkylation sites (tertiary alicyclic amines) is 1. The van der Waals surface area contributed by atoms with Crippen LogP contribution in [0.25, 0.3) is 0 Å². The molecule has 23 heavy (non-hydrogen) atoms. The molecule has 1 saturated heterocycles. The molecule has 0 aliphatic carbocycles. The van der Waals surface area contributed by atoms with E-state index in [0.29, 0.717) is 6.54 Å². The monoisotopic (exact) mass is 307 g/mol. The maximum absolute atomic E-state index is 12.9. The molecule has 3 nitrogen and oxygen atoms in total. The molecular weight excluding hydrogens is 286 g/mol. The zero-order valence-electron chi connectivity index (χ0n) is 13.3. The lowest BCUT2D eigenvalue weighted by atomic mass is 9.83. The smallest absolute Gasteiger partial charge is 0.237 e. The van der Waals surface area contributed by atoms with Crippen molar-refractivity contribution in [2.45, 2.75) is 31.6 Å². The average molecular weight is 307 g/mol. The van der Waals surface area contributed by atoms with Gasteiger partial charge in [0.05, 0.1) is 11.8 Å². The second-order valence-corrected chi connectivity index (χ2v) is 5.96. The van der Waals surface area contributed by atoms with Crippen LogP contribution < -0.4 is 0 Å². The largest absolute Gasteiger partial charge is 0.282 e. The molecule has 0 unspecified atom stereocenters. The minimum atomic E-state index is -0.414. The zero-order chi connectivity index (χ0) is 16.2. The molecule has 2 atom stereocenters. The molecule has 2 amide bonds. The quantitative estimate of drug-likeness (QED) is 0.789. The number of hydrogen-bond acceptors (Lipinski definition) is 2. The molecule has 118 valence electrons. The average Bonchev–Trinajstić information content (AvgIpc) is 2.85. The van der Waals surface area contributed by atoms with E-state index in [-0.39, 0.29) is 11.8 Å². The van der Waals surface area contributed by atoms with Crippen molar-refractivity contribution in [3.8, 4) is 0 Å². The van der Waals surface area contributed by atoms with Gasteiger partial charge in [-0.3, -0.25) is 14.5 Å². The highest BCUT2D eigenvalue weighted by Gasteiger charge is 2.48. The Morgan fingerprint density at radius 1 is 0.783 bits per heavy atom. The fourth-order valence-corrected chi connectivity index (χ4v) is 3.26. The normalized spacial score (nSPS) is 21.0. The molecule has 3 rings (SSSR count). The number of nitrogens with zero attached hydrogens (tertiary/aromatic N) is 1. The van der Waals surface area contributed by atoms with Gasteiger partial charge in [0.25, 0.3) is 0 Å². The molecule has 1 aliphatic rings. The summed E-state index contributed by atoms with van der Waals surface area (Å²) in [7, 11) is 0. The van der Waals surface area contributed by atoms with Gasteiger partial charge in [-0.05, 0) is 17.5 Å². The molecule has 0 radical (unpaired) electrons. The maximum atomic E-state index is 12.9. The van der Waals surface area contributed by atoms with E-state index >= 15 is 0 Å². The van der Waals surface area contributed by atoms with Gasteiger partial charge in [0.2, 0.25) is 11.8 Å². The molecule has 3 heteroatoms.